The van der Waals surface area contributed by atoms with Gasteiger partial charge in [-0.15, -0.1) is 0 Å². The van der Waals surface area contributed by atoms with Gasteiger partial charge in [0, 0.05) is 11.7 Å². The average molecular weight is 214 g/mol. The molecule has 0 aromatic rings. The van der Waals surface area contributed by atoms with Crippen LogP contribution in [0.2, 0.25) is 0 Å². The average Bonchev–Trinajstić information content (AvgIpc) is 2.15. The fourth-order valence-electron chi connectivity index (χ4n) is 2.09. The SMILES string of the molecule is CCCC(=O)CSC1CCCC(C)C1. The van der Waals surface area contributed by atoms with Gasteiger partial charge in [-0.05, 0) is 25.2 Å². The quantitative estimate of drug-likeness (QED) is 0.694. The van der Waals surface area contributed by atoms with Crippen molar-refractivity contribution in [1.82, 2.24) is 0 Å². The zero-order valence-corrected chi connectivity index (χ0v) is 10.2. The lowest BCUT2D eigenvalue weighted by molar-refractivity contribution is -0.116. The van der Waals surface area contributed by atoms with Crippen LogP contribution in [-0.4, -0.2) is 16.8 Å². The van der Waals surface area contributed by atoms with Crippen LogP contribution in [0.3, 0.4) is 0 Å². The molecule has 1 rings (SSSR count). The van der Waals surface area contributed by atoms with E-state index in [0.29, 0.717) is 5.78 Å². The molecule has 14 heavy (non-hydrogen) atoms. The molecule has 1 saturated carbocycles. The third-order valence-electron chi connectivity index (χ3n) is 2.90. The van der Waals surface area contributed by atoms with E-state index in [0.717, 1.165) is 29.8 Å². The van der Waals surface area contributed by atoms with Gasteiger partial charge in [0.15, 0.2) is 0 Å². The summed E-state index contributed by atoms with van der Waals surface area (Å²) in [6.45, 7) is 4.41. The van der Waals surface area contributed by atoms with E-state index in [9.17, 15) is 4.79 Å². The first kappa shape index (κ1) is 12.1. The minimum Gasteiger partial charge on any atom is -0.299 e. The zero-order valence-electron chi connectivity index (χ0n) is 9.42. The molecule has 0 amide bonds. The van der Waals surface area contributed by atoms with Gasteiger partial charge in [-0.2, -0.15) is 11.8 Å². The fourth-order valence-corrected chi connectivity index (χ4v) is 3.46. The Bertz CT molecular complexity index is 179. The highest BCUT2D eigenvalue weighted by Gasteiger charge is 2.19. The Morgan fingerprint density at radius 2 is 2.21 bits per heavy atom. The standard InChI is InChI=1S/C12H22OS/c1-3-5-11(13)9-14-12-7-4-6-10(2)8-12/h10,12H,3-9H2,1-2H3. The molecule has 0 heterocycles. The van der Waals surface area contributed by atoms with E-state index >= 15 is 0 Å². The highest BCUT2D eigenvalue weighted by Crippen LogP contribution is 2.31. The molecule has 0 aromatic carbocycles. The molecule has 0 N–H and O–H groups in total. The molecule has 82 valence electrons. The monoisotopic (exact) mass is 214 g/mol. The van der Waals surface area contributed by atoms with Crippen LogP contribution in [0.1, 0.15) is 52.4 Å². The third-order valence-corrected chi connectivity index (χ3v) is 4.29. The van der Waals surface area contributed by atoms with E-state index < -0.39 is 0 Å². The first-order valence-electron chi connectivity index (χ1n) is 5.85. The number of Topliss-reactive ketones (excluding diaryl/α,β-unsaturated/α-hetero) is 1. The molecule has 0 spiro atoms. The van der Waals surface area contributed by atoms with Gasteiger partial charge < -0.3 is 0 Å². The lowest BCUT2D eigenvalue weighted by atomic mass is 9.91. The van der Waals surface area contributed by atoms with Crippen molar-refractivity contribution in [3.63, 3.8) is 0 Å². The van der Waals surface area contributed by atoms with Gasteiger partial charge in [-0.3, -0.25) is 4.79 Å². The Hall–Kier alpha value is 0.0200. The predicted molar refractivity (Wildman–Crippen MR) is 63.8 cm³/mol. The van der Waals surface area contributed by atoms with E-state index in [4.69, 9.17) is 0 Å². The first-order chi connectivity index (χ1) is 6.72. The molecule has 0 bridgehead atoms. The Balaban J connectivity index is 2.14. The Labute approximate surface area is 92.0 Å². The minimum atomic E-state index is 0.440. The van der Waals surface area contributed by atoms with E-state index in [2.05, 4.69) is 13.8 Å². The highest BCUT2D eigenvalue weighted by atomic mass is 32.2. The maximum atomic E-state index is 11.3. The molecule has 0 aliphatic heterocycles. The van der Waals surface area contributed by atoms with Crippen LogP contribution in [0.15, 0.2) is 0 Å². The van der Waals surface area contributed by atoms with Gasteiger partial charge in [0.05, 0.1) is 5.75 Å². The van der Waals surface area contributed by atoms with E-state index in [1.807, 2.05) is 11.8 Å². The maximum absolute atomic E-state index is 11.3. The zero-order chi connectivity index (χ0) is 10.4. The van der Waals surface area contributed by atoms with Crippen LogP contribution >= 0.6 is 11.8 Å². The topological polar surface area (TPSA) is 17.1 Å². The maximum Gasteiger partial charge on any atom is 0.142 e. The molecule has 2 atom stereocenters. The number of rotatable bonds is 5. The summed E-state index contributed by atoms with van der Waals surface area (Å²) in [5, 5.41) is 0.763. The van der Waals surface area contributed by atoms with Crippen molar-refractivity contribution < 1.29 is 4.79 Å². The van der Waals surface area contributed by atoms with Crippen molar-refractivity contribution in [2.45, 2.75) is 57.6 Å². The van der Waals surface area contributed by atoms with Crippen LogP contribution in [0.4, 0.5) is 0 Å². The number of hydrogen-bond donors (Lipinski definition) is 0. The third kappa shape index (κ3) is 4.50. The largest absolute Gasteiger partial charge is 0.299 e. The molecule has 2 heteroatoms. The van der Waals surface area contributed by atoms with E-state index in [1.54, 1.807) is 0 Å². The highest BCUT2D eigenvalue weighted by molar-refractivity contribution is 8.00. The summed E-state index contributed by atoms with van der Waals surface area (Å²) in [5.74, 6) is 2.07. The number of ketones is 1. The molecule has 1 nitrogen and oxygen atoms in total. The summed E-state index contributed by atoms with van der Waals surface area (Å²) in [5.41, 5.74) is 0. The lowest BCUT2D eigenvalue weighted by Crippen LogP contribution is -2.17. The minimum absolute atomic E-state index is 0.440. The second kappa shape index (κ2) is 6.49. The second-order valence-electron chi connectivity index (χ2n) is 4.49. The molecular weight excluding hydrogens is 192 g/mol. The van der Waals surface area contributed by atoms with Gasteiger partial charge in [-0.1, -0.05) is 26.7 Å². The number of carbonyl (C=O) groups is 1. The predicted octanol–water partition coefficient (Wildman–Crippen LogP) is 3.67. The van der Waals surface area contributed by atoms with E-state index in [-0.39, 0.29) is 0 Å². The van der Waals surface area contributed by atoms with Crippen molar-refractivity contribution >= 4 is 17.5 Å². The molecule has 0 aromatic heterocycles. The molecule has 1 aliphatic rings. The van der Waals surface area contributed by atoms with Crippen LogP contribution in [0.5, 0.6) is 0 Å². The van der Waals surface area contributed by atoms with Crippen molar-refractivity contribution in [2.24, 2.45) is 5.92 Å². The van der Waals surface area contributed by atoms with Gasteiger partial charge in [-0.25, -0.2) is 0 Å². The smallest absolute Gasteiger partial charge is 0.142 e. The van der Waals surface area contributed by atoms with Crippen LogP contribution in [-0.2, 0) is 4.79 Å². The Kier molecular flexibility index (Phi) is 5.61. The van der Waals surface area contributed by atoms with Gasteiger partial charge in [0.1, 0.15) is 5.78 Å². The first-order valence-corrected chi connectivity index (χ1v) is 6.90. The normalized spacial score (nSPS) is 27.6. The molecule has 1 fully saturated rings. The Morgan fingerprint density at radius 3 is 2.86 bits per heavy atom. The molecule has 0 saturated heterocycles. The van der Waals surface area contributed by atoms with Gasteiger partial charge >= 0.3 is 0 Å². The van der Waals surface area contributed by atoms with Crippen LogP contribution in [0.25, 0.3) is 0 Å². The Morgan fingerprint density at radius 1 is 1.43 bits per heavy atom. The molecular formula is C12H22OS. The summed E-state index contributed by atoms with van der Waals surface area (Å²) < 4.78 is 0. The number of carbonyl (C=O) groups excluding carboxylic acids is 1. The van der Waals surface area contributed by atoms with Crippen molar-refractivity contribution in [3.8, 4) is 0 Å². The summed E-state index contributed by atoms with van der Waals surface area (Å²) in [6.07, 6.45) is 7.18. The summed E-state index contributed by atoms with van der Waals surface area (Å²) in [6, 6.07) is 0. The van der Waals surface area contributed by atoms with Gasteiger partial charge in [0.2, 0.25) is 0 Å². The van der Waals surface area contributed by atoms with Crippen molar-refractivity contribution in [3.05, 3.63) is 0 Å². The van der Waals surface area contributed by atoms with Gasteiger partial charge in [0.25, 0.3) is 0 Å². The van der Waals surface area contributed by atoms with E-state index in [1.165, 1.54) is 25.7 Å². The number of hydrogen-bond acceptors (Lipinski definition) is 2. The van der Waals surface area contributed by atoms with Crippen LogP contribution < -0.4 is 0 Å². The summed E-state index contributed by atoms with van der Waals surface area (Å²) in [7, 11) is 0. The molecule has 2 unspecified atom stereocenters. The molecule has 0 radical (unpaired) electrons. The fraction of sp³-hybridized carbons (Fsp3) is 0.917. The lowest BCUT2D eigenvalue weighted by Gasteiger charge is -2.25. The van der Waals surface area contributed by atoms with Crippen molar-refractivity contribution in [2.75, 3.05) is 5.75 Å². The summed E-state index contributed by atoms with van der Waals surface area (Å²) in [4.78, 5) is 11.3. The molecule has 1 aliphatic carbocycles. The number of thioether (sulfide) groups is 1. The summed E-state index contributed by atoms with van der Waals surface area (Å²) >= 11 is 1.90. The van der Waals surface area contributed by atoms with Crippen LogP contribution in [0, 0.1) is 5.92 Å². The van der Waals surface area contributed by atoms with Crippen molar-refractivity contribution in [1.29, 1.82) is 0 Å². The second-order valence-corrected chi connectivity index (χ2v) is 5.78.